The van der Waals surface area contributed by atoms with E-state index >= 15 is 0 Å². The Morgan fingerprint density at radius 1 is 1.19 bits per heavy atom. The Hall–Kier alpha value is -1.68. The maximum Gasteiger partial charge on any atom is 0.122 e. The van der Waals surface area contributed by atoms with E-state index in [-0.39, 0.29) is 0 Å². The fourth-order valence-corrected chi connectivity index (χ4v) is 3.40. The average molecular weight is 287 g/mol. The second kappa shape index (κ2) is 5.60. The van der Waals surface area contributed by atoms with Gasteiger partial charge < -0.3 is 19.4 Å². The summed E-state index contributed by atoms with van der Waals surface area (Å²) >= 11 is 0. The van der Waals surface area contributed by atoms with Crippen LogP contribution >= 0.6 is 0 Å². The molecule has 0 amide bonds. The highest BCUT2D eigenvalue weighted by molar-refractivity contribution is 5.63. The van der Waals surface area contributed by atoms with Gasteiger partial charge in [-0.25, -0.2) is 0 Å². The number of rotatable bonds is 3. The van der Waals surface area contributed by atoms with Crippen LogP contribution in [0.4, 0.5) is 5.69 Å². The van der Waals surface area contributed by atoms with E-state index in [2.05, 4.69) is 60.4 Å². The predicted molar refractivity (Wildman–Crippen MR) is 86.7 cm³/mol. The zero-order valence-electron chi connectivity index (χ0n) is 13.5. The normalized spacial score (nSPS) is 21.1. The molecule has 1 aromatic carbocycles. The lowest BCUT2D eigenvalue weighted by Crippen LogP contribution is -2.34. The number of hydrogen-bond acceptors (Lipinski definition) is 4. The SMILES string of the molecule is COc1ccc(N2C=CN(C)C2)c2c1C[C@@H](N(C)C)CC2. The van der Waals surface area contributed by atoms with Crippen LogP contribution in [0.3, 0.4) is 0 Å². The Morgan fingerprint density at radius 3 is 2.62 bits per heavy atom. The summed E-state index contributed by atoms with van der Waals surface area (Å²) in [5.41, 5.74) is 4.19. The fourth-order valence-electron chi connectivity index (χ4n) is 3.40. The average Bonchev–Trinajstić information content (AvgIpc) is 2.91. The first kappa shape index (κ1) is 14.3. The third kappa shape index (κ3) is 2.60. The van der Waals surface area contributed by atoms with Crippen LogP contribution in [-0.2, 0) is 12.8 Å². The number of anilines is 1. The number of hydrogen-bond donors (Lipinski definition) is 0. The summed E-state index contributed by atoms with van der Waals surface area (Å²) in [7, 11) is 8.22. The molecule has 0 N–H and O–H groups in total. The molecule has 0 bridgehead atoms. The van der Waals surface area contributed by atoms with Gasteiger partial charge in [0, 0.05) is 36.7 Å². The van der Waals surface area contributed by atoms with Crippen LogP contribution in [0.25, 0.3) is 0 Å². The Bertz CT molecular complexity index is 553. The van der Waals surface area contributed by atoms with Crippen LogP contribution in [0.5, 0.6) is 5.75 Å². The van der Waals surface area contributed by atoms with Crippen molar-refractivity contribution >= 4 is 5.69 Å². The summed E-state index contributed by atoms with van der Waals surface area (Å²) in [6, 6.07) is 4.94. The minimum Gasteiger partial charge on any atom is -0.496 e. The van der Waals surface area contributed by atoms with Gasteiger partial charge in [-0.1, -0.05) is 0 Å². The van der Waals surface area contributed by atoms with Gasteiger partial charge in [0.2, 0.25) is 0 Å². The van der Waals surface area contributed by atoms with Gasteiger partial charge in [-0.15, -0.1) is 0 Å². The molecule has 0 fully saturated rings. The maximum absolute atomic E-state index is 5.61. The standard InChI is InChI=1S/C17H25N3O/c1-18(2)13-5-6-14-15(11-13)17(21-4)8-7-16(14)20-10-9-19(3)12-20/h7-10,13H,5-6,11-12H2,1-4H3/t13-/m0/s1. The molecular formula is C17H25N3O. The van der Waals surface area contributed by atoms with E-state index in [4.69, 9.17) is 4.74 Å². The molecule has 0 saturated carbocycles. The first-order chi connectivity index (χ1) is 10.1. The molecule has 2 aliphatic rings. The zero-order valence-corrected chi connectivity index (χ0v) is 13.5. The van der Waals surface area contributed by atoms with Crippen LogP contribution in [0.2, 0.25) is 0 Å². The van der Waals surface area contributed by atoms with E-state index < -0.39 is 0 Å². The molecule has 114 valence electrons. The molecule has 4 nitrogen and oxygen atoms in total. The molecule has 0 spiro atoms. The van der Waals surface area contributed by atoms with E-state index in [9.17, 15) is 0 Å². The number of ether oxygens (including phenoxy) is 1. The predicted octanol–water partition coefficient (Wildman–Crippen LogP) is 2.29. The van der Waals surface area contributed by atoms with Crippen molar-refractivity contribution in [2.24, 2.45) is 0 Å². The second-order valence-corrected chi connectivity index (χ2v) is 6.27. The Kier molecular flexibility index (Phi) is 3.81. The van der Waals surface area contributed by atoms with Crippen LogP contribution < -0.4 is 9.64 Å². The summed E-state index contributed by atoms with van der Waals surface area (Å²) in [4.78, 5) is 6.86. The quantitative estimate of drug-likeness (QED) is 0.849. The van der Waals surface area contributed by atoms with Gasteiger partial charge in [0.15, 0.2) is 0 Å². The van der Waals surface area contributed by atoms with Gasteiger partial charge in [-0.2, -0.15) is 0 Å². The van der Waals surface area contributed by atoms with Crippen molar-refractivity contribution in [2.75, 3.05) is 39.8 Å². The van der Waals surface area contributed by atoms with E-state index in [0.29, 0.717) is 6.04 Å². The molecule has 1 aromatic rings. The fraction of sp³-hybridized carbons (Fsp3) is 0.529. The molecule has 21 heavy (non-hydrogen) atoms. The third-order valence-corrected chi connectivity index (χ3v) is 4.67. The monoisotopic (exact) mass is 287 g/mol. The van der Waals surface area contributed by atoms with Crippen molar-refractivity contribution in [2.45, 2.75) is 25.3 Å². The van der Waals surface area contributed by atoms with E-state index in [1.54, 1.807) is 7.11 Å². The number of benzene rings is 1. The lowest BCUT2D eigenvalue weighted by atomic mass is 9.85. The third-order valence-electron chi connectivity index (χ3n) is 4.67. The number of fused-ring (bicyclic) bond motifs is 1. The van der Waals surface area contributed by atoms with E-state index in [1.807, 2.05) is 0 Å². The molecule has 1 atom stereocenters. The molecule has 4 heteroatoms. The summed E-state index contributed by atoms with van der Waals surface area (Å²) in [6.07, 6.45) is 7.71. The molecule has 1 heterocycles. The van der Waals surface area contributed by atoms with Crippen LogP contribution in [0.1, 0.15) is 17.5 Å². The minimum absolute atomic E-state index is 0.610. The maximum atomic E-state index is 5.61. The lowest BCUT2D eigenvalue weighted by molar-refractivity contribution is 0.264. The van der Waals surface area contributed by atoms with Crippen molar-refractivity contribution in [3.8, 4) is 5.75 Å². The summed E-state index contributed by atoms with van der Waals surface area (Å²) in [6.45, 7) is 0.926. The van der Waals surface area contributed by atoms with Gasteiger partial charge in [0.1, 0.15) is 5.75 Å². The van der Waals surface area contributed by atoms with Gasteiger partial charge in [-0.3, -0.25) is 0 Å². The van der Waals surface area contributed by atoms with Crippen LogP contribution in [0, 0.1) is 0 Å². The molecule has 1 aliphatic heterocycles. The van der Waals surface area contributed by atoms with Crippen molar-refractivity contribution in [3.63, 3.8) is 0 Å². The number of methoxy groups -OCH3 is 1. The molecular weight excluding hydrogens is 262 g/mol. The van der Waals surface area contributed by atoms with Gasteiger partial charge >= 0.3 is 0 Å². The molecule has 0 unspecified atom stereocenters. The van der Waals surface area contributed by atoms with Gasteiger partial charge in [0.25, 0.3) is 0 Å². The first-order valence-electron chi connectivity index (χ1n) is 7.60. The summed E-state index contributed by atoms with van der Waals surface area (Å²) < 4.78 is 5.61. The number of likely N-dealkylation sites (N-methyl/N-ethyl adjacent to an activating group) is 1. The Morgan fingerprint density at radius 2 is 2.00 bits per heavy atom. The minimum atomic E-state index is 0.610. The van der Waals surface area contributed by atoms with Crippen LogP contribution in [0.15, 0.2) is 24.5 Å². The first-order valence-corrected chi connectivity index (χ1v) is 7.60. The lowest BCUT2D eigenvalue weighted by Gasteiger charge is -2.33. The van der Waals surface area contributed by atoms with Crippen molar-refractivity contribution in [1.82, 2.24) is 9.80 Å². The molecule has 0 aromatic heterocycles. The van der Waals surface area contributed by atoms with E-state index in [0.717, 1.165) is 25.3 Å². The highest BCUT2D eigenvalue weighted by atomic mass is 16.5. The Balaban J connectivity index is 1.98. The Labute approximate surface area is 127 Å². The molecule has 0 saturated heterocycles. The highest BCUT2D eigenvalue weighted by Crippen LogP contribution is 2.38. The topological polar surface area (TPSA) is 19.0 Å². The molecule has 3 rings (SSSR count). The van der Waals surface area contributed by atoms with Gasteiger partial charge in [-0.05, 0) is 51.1 Å². The largest absolute Gasteiger partial charge is 0.496 e. The van der Waals surface area contributed by atoms with Crippen molar-refractivity contribution in [1.29, 1.82) is 0 Å². The number of nitrogens with zero attached hydrogens (tertiary/aromatic N) is 3. The molecule has 0 radical (unpaired) electrons. The second-order valence-electron chi connectivity index (χ2n) is 6.27. The van der Waals surface area contributed by atoms with Gasteiger partial charge in [0.05, 0.1) is 13.8 Å². The summed E-state index contributed by atoms with van der Waals surface area (Å²) in [5, 5.41) is 0. The van der Waals surface area contributed by atoms with Crippen molar-refractivity contribution in [3.05, 3.63) is 35.7 Å². The van der Waals surface area contributed by atoms with E-state index in [1.165, 1.54) is 23.2 Å². The molecule has 1 aliphatic carbocycles. The summed E-state index contributed by atoms with van der Waals surface area (Å²) in [5.74, 6) is 1.04. The zero-order chi connectivity index (χ0) is 15.0. The van der Waals surface area contributed by atoms with Crippen molar-refractivity contribution < 1.29 is 4.74 Å². The smallest absolute Gasteiger partial charge is 0.122 e. The van der Waals surface area contributed by atoms with Crippen LogP contribution in [-0.4, -0.2) is 50.8 Å². The highest BCUT2D eigenvalue weighted by Gasteiger charge is 2.27.